The molecule has 3 unspecified atom stereocenters. The lowest BCUT2D eigenvalue weighted by Gasteiger charge is -2.39. The summed E-state index contributed by atoms with van der Waals surface area (Å²) in [4.78, 5) is 4.54. The van der Waals surface area contributed by atoms with Crippen LogP contribution in [0, 0.1) is 19.8 Å². The van der Waals surface area contributed by atoms with Crippen molar-refractivity contribution in [2.45, 2.75) is 44.8 Å². The van der Waals surface area contributed by atoms with Crippen molar-refractivity contribution in [2.24, 2.45) is 11.7 Å². The maximum atomic E-state index is 6.54. The number of hydrogen-bond donors (Lipinski definition) is 1. The Bertz CT molecular complexity index is 483. The number of rotatable bonds is 2. The lowest BCUT2D eigenvalue weighted by molar-refractivity contribution is -0.101. The van der Waals surface area contributed by atoms with Gasteiger partial charge in [-0.1, -0.05) is 6.07 Å². The van der Waals surface area contributed by atoms with E-state index in [-0.39, 0.29) is 11.6 Å². The lowest BCUT2D eigenvalue weighted by atomic mass is 9.79. The Labute approximate surface area is 120 Å². The highest BCUT2D eigenvalue weighted by Crippen LogP contribution is 2.40. The van der Waals surface area contributed by atoms with Crippen molar-refractivity contribution in [2.75, 3.05) is 19.8 Å². The third-order valence-corrected chi connectivity index (χ3v) is 4.73. The predicted molar refractivity (Wildman–Crippen MR) is 77.5 cm³/mol. The summed E-state index contributed by atoms with van der Waals surface area (Å²) in [7, 11) is 0. The maximum Gasteiger partial charge on any atom is 0.0940 e. The maximum absolute atomic E-state index is 6.54. The average molecular weight is 276 g/mol. The molecule has 0 aromatic carbocycles. The van der Waals surface area contributed by atoms with Crippen molar-refractivity contribution in [1.29, 1.82) is 0 Å². The fourth-order valence-corrected chi connectivity index (χ4v) is 3.54. The number of nitrogens with zero attached hydrogens (tertiary/aromatic N) is 1. The number of hydrogen-bond acceptors (Lipinski definition) is 4. The Balaban J connectivity index is 1.77. The van der Waals surface area contributed by atoms with Gasteiger partial charge in [0.15, 0.2) is 0 Å². The van der Waals surface area contributed by atoms with E-state index in [1.54, 1.807) is 0 Å². The van der Waals surface area contributed by atoms with Crippen LogP contribution in [-0.4, -0.2) is 30.4 Å². The third kappa shape index (κ3) is 2.60. The van der Waals surface area contributed by atoms with Gasteiger partial charge in [-0.2, -0.15) is 0 Å². The van der Waals surface area contributed by atoms with E-state index in [1.807, 2.05) is 6.92 Å². The summed E-state index contributed by atoms with van der Waals surface area (Å²) in [6, 6.07) is 4.23. The van der Waals surface area contributed by atoms with E-state index in [9.17, 15) is 0 Å². The van der Waals surface area contributed by atoms with Gasteiger partial charge in [-0.15, -0.1) is 0 Å². The van der Waals surface area contributed by atoms with Gasteiger partial charge >= 0.3 is 0 Å². The minimum Gasteiger partial charge on any atom is -0.378 e. The van der Waals surface area contributed by atoms with E-state index in [0.717, 1.165) is 50.5 Å². The van der Waals surface area contributed by atoms with Crippen LogP contribution in [0.15, 0.2) is 12.1 Å². The lowest BCUT2D eigenvalue weighted by Crippen LogP contribution is -2.43. The highest BCUT2D eigenvalue weighted by molar-refractivity contribution is 5.25. The van der Waals surface area contributed by atoms with Crippen LogP contribution in [0.2, 0.25) is 0 Å². The normalized spacial score (nSPS) is 31.6. The van der Waals surface area contributed by atoms with Crippen LogP contribution in [-0.2, 0) is 9.47 Å². The van der Waals surface area contributed by atoms with Gasteiger partial charge in [0.2, 0.25) is 0 Å². The third-order valence-electron chi connectivity index (χ3n) is 4.73. The van der Waals surface area contributed by atoms with Crippen LogP contribution >= 0.6 is 0 Å². The van der Waals surface area contributed by atoms with Crippen LogP contribution in [0.25, 0.3) is 0 Å². The molecular weight excluding hydrogens is 252 g/mol. The fraction of sp³-hybridized carbons (Fsp3) is 0.688. The molecule has 3 rings (SSSR count). The van der Waals surface area contributed by atoms with Crippen LogP contribution in [0.5, 0.6) is 0 Å². The summed E-state index contributed by atoms with van der Waals surface area (Å²) in [5.74, 6) is 0.452. The number of nitrogens with two attached hydrogens (primary N) is 1. The second-order valence-electron chi connectivity index (χ2n) is 6.24. The molecule has 110 valence electrons. The summed E-state index contributed by atoms with van der Waals surface area (Å²) in [5.41, 5.74) is 9.74. The molecule has 20 heavy (non-hydrogen) atoms. The molecule has 0 aliphatic carbocycles. The van der Waals surface area contributed by atoms with E-state index in [2.05, 4.69) is 24.0 Å². The first-order valence-electron chi connectivity index (χ1n) is 7.51. The molecule has 1 aromatic rings. The van der Waals surface area contributed by atoms with E-state index < -0.39 is 0 Å². The van der Waals surface area contributed by atoms with Gasteiger partial charge in [-0.3, -0.25) is 4.98 Å². The summed E-state index contributed by atoms with van der Waals surface area (Å²) in [6.45, 7) is 6.39. The van der Waals surface area contributed by atoms with Gasteiger partial charge in [0.1, 0.15) is 0 Å². The molecule has 0 bridgehead atoms. The summed E-state index contributed by atoms with van der Waals surface area (Å²) in [5, 5.41) is 0. The fourth-order valence-electron chi connectivity index (χ4n) is 3.54. The van der Waals surface area contributed by atoms with Gasteiger partial charge in [-0.25, -0.2) is 0 Å². The van der Waals surface area contributed by atoms with E-state index in [4.69, 9.17) is 15.2 Å². The minimum absolute atomic E-state index is 0.0458. The quantitative estimate of drug-likeness (QED) is 0.900. The molecule has 3 heterocycles. The Morgan fingerprint density at radius 3 is 2.90 bits per heavy atom. The molecule has 0 radical (unpaired) electrons. The van der Waals surface area contributed by atoms with Crippen molar-refractivity contribution in [3.63, 3.8) is 0 Å². The van der Waals surface area contributed by atoms with Gasteiger partial charge in [0.05, 0.1) is 12.2 Å². The summed E-state index contributed by atoms with van der Waals surface area (Å²) < 4.78 is 11.5. The topological polar surface area (TPSA) is 57.4 Å². The van der Waals surface area contributed by atoms with E-state index >= 15 is 0 Å². The summed E-state index contributed by atoms with van der Waals surface area (Å²) >= 11 is 0. The first-order chi connectivity index (χ1) is 9.60. The molecule has 2 aliphatic heterocycles. The zero-order chi connectivity index (χ0) is 14.2. The first kappa shape index (κ1) is 14.0. The van der Waals surface area contributed by atoms with E-state index in [1.165, 1.54) is 5.56 Å². The molecule has 0 saturated carbocycles. The Hall–Kier alpha value is -0.970. The zero-order valence-electron chi connectivity index (χ0n) is 12.4. The van der Waals surface area contributed by atoms with Crippen molar-refractivity contribution in [3.8, 4) is 0 Å². The average Bonchev–Trinajstić information content (AvgIpc) is 2.86. The van der Waals surface area contributed by atoms with E-state index in [0.29, 0.717) is 5.92 Å². The molecule has 2 N–H and O–H groups in total. The monoisotopic (exact) mass is 276 g/mol. The number of aryl methyl sites for hydroxylation is 2. The highest BCUT2D eigenvalue weighted by Gasteiger charge is 2.42. The standard InChI is InChI=1S/C16H24N2O2/c1-11-3-4-14(12(2)18-11)15(17)13-5-7-20-16(9-13)6-8-19-10-16/h3-4,13,15H,5-10,17H2,1-2H3. The molecule has 4 nitrogen and oxygen atoms in total. The highest BCUT2D eigenvalue weighted by atomic mass is 16.6. The van der Waals surface area contributed by atoms with Crippen molar-refractivity contribution in [1.82, 2.24) is 4.98 Å². The van der Waals surface area contributed by atoms with Gasteiger partial charge in [-0.05, 0) is 44.2 Å². The molecule has 0 amide bonds. The molecule has 1 spiro atoms. The Morgan fingerprint density at radius 2 is 2.20 bits per heavy atom. The molecule has 3 atom stereocenters. The van der Waals surface area contributed by atoms with Gasteiger partial charge in [0, 0.05) is 37.1 Å². The molecule has 1 aromatic heterocycles. The van der Waals surface area contributed by atoms with Crippen LogP contribution in [0.3, 0.4) is 0 Å². The zero-order valence-corrected chi connectivity index (χ0v) is 12.4. The van der Waals surface area contributed by atoms with Gasteiger partial charge < -0.3 is 15.2 Å². The van der Waals surface area contributed by atoms with Crippen molar-refractivity contribution < 1.29 is 9.47 Å². The minimum atomic E-state index is -0.0768. The SMILES string of the molecule is Cc1ccc(C(N)C2CCOC3(CCOC3)C2)c(C)n1. The number of pyridine rings is 1. The molecule has 2 saturated heterocycles. The van der Waals surface area contributed by atoms with Crippen LogP contribution in [0.4, 0.5) is 0 Å². The van der Waals surface area contributed by atoms with Gasteiger partial charge in [0.25, 0.3) is 0 Å². The second kappa shape index (κ2) is 5.43. The van der Waals surface area contributed by atoms with Crippen molar-refractivity contribution in [3.05, 3.63) is 29.1 Å². The molecule has 4 heteroatoms. The Kier molecular flexibility index (Phi) is 3.80. The van der Waals surface area contributed by atoms with Crippen molar-refractivity contribution >= 4 is 0 Å². The van der Waals surface area contributed by atoms with Crippen LogP contribution < -0.4 is 5.73 Å². The number of aromatic nitrogens is 1. The molecule has 2 fully saturated rings. The second-order valence-corrected chi connectivity index (χ2v) is 6.24. The summed E-state index contributed by atoms with van der Waals surface area (Å²) in [6.07, 6.45) is 3.03. The van der Waals surface area contributed by atoms with Crippen LogP contribution in [0.1, 0.15) is 42.3 Å². The first-order valence-corrected chi connectivity index (χ1v) is 7.51. The molecule has 2 aliphatic rings. The Morgan fingerprint density at radius 1 is 1.35 bits per heavy atom. The predicted octanol–water partition coefficient (Wildman–Crippen LogP) is 2.28. The number of ether oxygens (including phenoxy) is 2. The largest absolute Gasteiger partial charge is 0.378 e. The molecular formula is C16H24N2O2. The smallest absolute Gasteiger partial charge is 0.0940 e.